The Morgan fingerprint density at radius 2 is 1.00 bits per heavy atom. The molecule has 10 heteroatoms. The summed E-state index contributed by atoms with van der Waals surface area (Å²) in [7, 11) is -0.430. The molecule has 0 amide bonds. The second-order valence-corrected chi connectivity index (χ2v) is 16.7. The van der Waals surface area contributed by atoms with E-state index in [1.165, 1.54) is 12.7 Å². The summed E-state index contributed by atoms with van der Waals surface area (Å²) >= 11 is 3.46. The van der Waals surface area contributed by atoms with Crippen LogP contribution in [0.15, 0.2) is 78.3 Å². The van der Waals surface area contributed by atoms with Gasteiger partial charge in [0.05, 0.1) is 11.2 Å². The number of hydrogen-bond acceptors (Lipinski definition) is 8. The highest BCUT2D eigenvalue weighted by Gasteiger charge is 2.52. The van der Waals surface area contributed by atoms with Crippen molar-refractivity contribution >= 4 is 28.5 Å². The Labute approximate surface area is 295 Å². The molecular weight excluding hydrogens is 667 g/mol. The SMILES string of the molecule is Cc1cc(B2OC(C)(C)C(C)(C)O2)ccc1C(O)(c1cncnc1)C(C)(C)C.Cc1cc(Br)ccc1C(O)(c1cncnc1)C(C)(C)C. The third kappa shape index (κ3) is 7.01. The zero-order valence-corrected chi connectivity index (χ0v) is 32.0. The maximum Gasteiger partial charge on any atom is 0.494 e. The van der Waals surface area contributed by atoms with Gasteiger partial charge in [0.25, 0.3) is 0 Å². The number of nitrogens with zero attached hydrogens (tertiary/aromatic N) is 4. The van der Waals surface area contributed by atoms with Crippen molar-refractivity contribution in [1.82, 2.24) is 19.9 Å². The summed E-state index contributed by atoms with van der Waals surface area (Å²) in [5.41, 5.74) is 2.02. The van der Waals surface area contributed by atoms with Crippen molar-refractivity contribution in [2.24, 2.45) is 10.8 Å². The molecule has 2 unspecified atom stereocenters. The molecule has 2 aromatic heterocycles. The lowest BCUT2D eigenvalue weighted by Crippen LogP contribution is -2.43. The van der Waals surface area contributed by atoms with E-state index < -0.39 is 40.4 Å². The number of rotatable bonds is 5. The van der Waals surface area contributed by atoms with Crippen LogP contribution in [0, 0.1) is 24.7 Å². The van der Waals surface area contributed by atoms with E-state index in [1.807, 2.05) is 119 Å². The van der Waals surface area contributed by atoms with Crippen molar-refractivity contribution in [1.29, 1.82) is 0 Å². The lowest BCUT2D eigenvalue weighted by atomic mass is 9.67. The Hall–Kier alpha value is -3.02. The third-order valence-electron chi connectivity index (χ3n) is 9.87. The minimum absolute atomic E-state index is 0.391. The highest BCUT2D eigenvalue weighted by molar-refractivity contribution is 9.10. The van der Waals surface area contributed by atoms with Crippen LogP contribution in [0.25, 0.3) is 0 Å². The van der Waals surface area contributed by atoms with Gasteiger partial charge in [0.15, 0.2) is 0 Å². The topological polar surface area (TPSA) is 110 Å². The van der Waals surface area contributed by atoms with Gasteiger partial charge in [0.1, 0.15) is 23.9 Å². The van der Waals surface area contributed by atoms with Crippen LogP contribution < -0.4 is 5.46 Å². The monoisotopic (exact) mass is 716 g/mol. The van der Waals surface area contributed by atoms with Gasteiger partial charge in [-0.15, -0.1) is 0 Å². The van der Waals surface area contributed by atoms with Gasteiger partial charge in [-0.25, -0.2) is 19.9 Å². The van der Waals surface area contributed by atoms with Crippen LogP contribution in [0.5, 0.6) is 0 Å². The molecule has 256 valence electrons. The van der Waals surface area contributed by atoms with E-state index in [0.717, 1.165) is 32.2 Å². The quantitative estimate of drug-likeness (QED) is 0.209. The van der Waals surface area contributed by atoms with Gasteiger partial charge in [-0.05, 0) is 92.2 Å². The van der Waals surface area contributed by atoms with Crippen molar-refractivity contribution in [3.8, 4) is 0 Å². The average Bonchev–Trinajstić information content (AvgIpc) is 3.22. The molecular formula is C38H50BBrN4O4. The summed E-state index contributed by atoms with van der Waals surface area (Å²) in [6, 6.07) is 11.9. The molecule has 1 fully saturated rings. The van der Waals surface area contributed by atoms with Crippen LogP contribution in [-0.2, 0) is 20.5 Å². The summed E-state index contributed by atoms with van der Waals surface area (Å²) in [4.78, 5) is 16.4. The van der Waals surface area contributed by atoms with E-state index in [1.54, 1.807) is 24.8 Å². The summed E-state index contributed by atoms with van der Waals surface area (Å²) in [5.74, 6) is 0. The molecule has 2 atom stereocenters. The van der Waals surface area contributed by atoms with E-state index in [2.05, 4.69) is 35.9 Å². The third-order valence-corrected chi connectivity index (χ3v) is 10.4. The van der Waals surface area contributed by atoms with E-state index in [0.29, 0.717) is 11.1 Å². The largest absolute Gasteiger partial charge is 0.494 e. The number of halogens is 1. The minimum atomic E-state index is -1.23. The fraction of sp³-hybridized carbons (Fsp3) is 0.474. The van der Waals surface area contributed by atoms with Gasteiger partial charge >= 0.3 is 7.12 Å². The molecule has 2 aromatic carbocycles. The molecule has 1 aliphatic rings. The first kappa shape index (κ1) is 37.8. The van der Waals surface area contributed by atoms with Crippen LogP contribution in [0.2, 0.25) is 0 Å². The van der Waals surface area contributed by atoms with Crippen molar-refractivity contribution in [2.75, 3.05) is 0 Å². The van der Waals surface area contributed by atoms with Crippen molar-refractivity contribution in [2.45, 2.75) is 105 Å². The lowest BCUT2D eigenvalue weighted by Gasteiger charge is -2.41. The smallest absolute Gasteiger partial charge is 0.399 e. The van der Waals surface area contributed by atoms with Crippen LogP contribution in [-0.4, -0.2) is 48.5 Å². The van der Waals surface area contributed by atoms with Gasteiger partial charge in [-0.3, -0.25) is 0 Å². The summed E-state index contributed by atoms with van der Waals surface area (Å²) in [6.45, 7) is 24.3. The highest BCUT2D eigenvalue weighted by Crippen LogP contribution is 2.47. The molecule has 0 spiro atoms. The normalized spacial score (nSPS) is 18.4. The molecule has 1 aliphatic heterocycles. The second-order valence-electron chi connectivity index (χ2n) is 15.8. The Morgan fingerprint density at radius 1 is 0.625 bits per heavy atom. The Kier molecular flexibility index (Phi) is 10.5. The molecule has 4 aromatic rings. The summed E-state index contributed by atoms with van der Waals surface area (Å²) < 4.78 is 13.4. The van der Waals surface area contributed by atoms with E-state index in [-0.39, 0.29) is 0 Å². The number of aromatic nitrogens is 4. The van der Waals surface area contributed by atoms with Gasteiger partial charge in [-0.2, -0.15) is 0 Å². The van der Waals surface area contributed by atoms with E-state index >= 15 is 0 Å². The maximum atomic E-state index is 11.9. The zero-order chi connectivity index (χ0) is 35.9. The highest BCUT2D eigenvalue weighted by atomic mass is 79.9. The first-order chi connectivity index (χ1) is 22.1. The van der Waals surface area contributed by atoms with Crippen molar-refractivity contribution in [3.05, 3.63) is 112 Å². The molecule has 0 saturated carbocycles. The van der Waals surface area contributed by atoms with Gasteiger partial charge in [0, 0.05) is 40.4 Å². The maximum absolute atomic E-state index is 11.9. The lowest BCUT2D eigenvalue weighted by molar-refractivity contribution is -0.0270. The van der Waals surface area contributed by atoms with E-state index in [4.69, 9.17) is 9.31 Å². The molecule has 8 nitrogen and oxygen atoms in total. The molecule has 5 rings (SSSR count). The molecule has 1 saturated heterocycles. The van der Waals surface area contributed by atoms with Crippen LogP contribution in [0.1, 0.15) is 103 Å². The standard InChI is InChI=1S/C22H31BN2O3.C16H19BrN2O/c1-15-11-17(23-27-20(5,6)21(7,8)28-23)9-10-18(15)22(26,19(2,3)4)16-12-24-14-25-13-16;1-11-7-13(17)5-6-14(11)16(20,15(2,3)4)12-8-18-10-19-9-12/h9-14,26H,1-8H3;5-10,20H,1-4H3. The van der Waals surface area contributed by atoms with Crippen LogP contribution in [0.3, 0.4) is 0 Å². The Bertz CT molecular complexity index is 1710. The van der Waals surface area contributed by atoms with Gasteiger partial charge in [0.2, 0.25) is 0 Å². The molecule has 48 heavy (non-hydrogen) atoms. The number of hydrogen-bond donors (Lipinski definition) is 2. The Morgan fingerprint density at radius 3 is 1.35 bits per heavy atom. The summed E-state index contributed by atoms with van der Waals surface area (Å²) in [5, 5.41) is 23.3. The second kappa shape index (κ2) is 13.4. The first-order valence-electron chi connectivity index (χ1n) is 16.3. The van der Waals surface area contributed by atoms with E-state index in [9.17, 15) is 10.2 Å². The minimum Gasteiger partial charge on any atom is -0.399 e. The molecule has 0 radical (unpaired) electrons. The number of aliphatic hydroxyl groups is 2. The first-order valence-corrected chi connectivity index (χ1v) is 17.0. The molecule has 0 bridgehead atoms. The molecule has 0 aliphatic carbocycles. The predicted octanol–water partition coefficient (Wildman–Crippen LogP) is 7.20. The van der Waals surface area contributed by atoms with Crippen molar-refractivity contribution < 1.29 is 19.5 Å². The van der Waals surface area contributed by atoms with Crippen LogP contribution in [0.4, 0.5) is 0 Å². The fourth-order valence-corrected chi connectivity index (χ4v) is 6.68. The molecule has 3 heterocycles. The van der Waals surface area contributed by atoms with Crippen molar-refractivity contribution in [3.63, 3.8) is 0 Å². The number of benzene rings is 2. The average molecular weight is 718 g/mol. The Balaban J connectivity index is 0.000000229. The number of aryl methyl sites for hydroxylation is 2. The fourth-order valence-electron chi connectivity index (χ4n) is 6.21. The molecule has 2 N–H and O–H groups in total. The van der Waals surface area contributed by atoms with Crippen LogP contribution >= 0.6 is 15.9 Å². The van der Waals surface area contributed by atoms with Gasteiger partial charge < -0.3 is 19.5 Å². The predicted molar refractivity (Wildman–Crippen MR) is 195 cm³/mol. The zero-order valence-electron chi connectivity index (χ0n) is 30.4. The van der Waals surface area contributed by atoms with Gasteiger partial charge in [-0.1, -0.05) is 81.7 Å². The summed E-state index contributed by atoms with van der Waals surface area (Å²) in [6.07, 6.45) is 9.67.